The smallest absolute Gasteiger partial charge is 0.271 e. The first-order valence-corrected chi connectivity index (χ1v) is 9.01. The zero-order valence-electron chi connectivity index (χ0n) is 14.2. The Morgan fingerprint density at radius 2 is 1.96 bits per heavy atom. The molecule has 3 rings (SSSR count). The highest BCUT2D eigenvalue weighted by Gasteiger charge is 2.13. The van der Waals surface area contributed by atoms with Crippen LogP contribution in [0, 0.1) is 6.92 Å². The van der Waals surface area contributed by atoms with E-state index >= 15 is 0 Å². The van der Waals surface area contributed by atoms with Crippen LogP contribution in [0.15, 0.2) is 53.6 Å². The largest absolute Gasteiger partial charge is 0.508 e. The van der Waals surface area contributed by atoms with Crippen LogP contribution >= 0.6 is 22.9 Å². The van der Waals surface area contributed by atoms with Gasteiger partial charge in [-0.2, -0.15) is 5.10 Å². The number of nitrogens with zero attached hydrogens (tertiary/aromatic N) is 2. The lowest BCUT2D eigenvalue weighted by Crippen LogP contribution is -2.19. The average Bonchev–Trinajstić information content (AvgIpc) is 3.02. The van der Waals surface area contributed by atoms with E-state index in [4.69, 9.17) is 11.6 Å². The van der Waals surface area contributed by atoms with Crippen LogP contribution in [0.4, 0.5) is 0 Å². The molecule has 0 aliphatic carbocycles. The highest BCUT2D eigenvalue weighted by atomic mass is 35.5. The minimum absolute atomic E-state index is 0.212. The van der Waals surface area contributed by atoms with Crippen molar-refractivity contribution in [3.63, 3.8) is 0 Å². The number of aromatic nitrogens is 1. The van der Waals surface area contributed by atoms with E-state index in [2.05, 4.69) is 15.5 Å². The summed E-state index contributed by atoms with van der Waals surface area (Å²) >= 11 is 7.38. The molecule has 0 aliphatic heterocycles. The van der Waals surface area contributed by atoms with Crippen molar-refractivity contribution >= 4 is 34.6 Å². The van der Waals surface area contributed by atoms with Gasteiger partial charge in [-0.25, -0.2) is 10.4 Å². The average molecular weight is 386 g/mol. The fraction of sp³-hybridized carbons (Fsp3) is 0.105. The molecule has 7 heteroatoms. The predicted octanol–water partition coefficient (Wildman–Crippen LogP) is 4.63. The number of amides is 1. The molecule has 1 amide bonds. The molecule has 132 valence electrons. The number of thiazole rings is 1. The Hall–Kier alpha value is -2.70. The summed E-state index contributed by atoms with van der Waals surface area (Å²) in [6.07, 6.45) is 0. The fourth-order valence-corrected chi connectivity index (χ4v) is 3.55. The number of phenols is 1. The topological polar surface area (TPSA) is 74.6 Å². The summed E-state index contributed by atoms with van der Waals surface area (Å²) in [7, 11) is 0. The highest BCUT2D eigenvalue weighted by Crippen LogP contribution is 2.29. The number of benzene rings is 2. The van der Waals surface area contributed by atoms with E-state index in [1.165, 1.54) is 11.3 Å². The summed E-state index contributed by atoms with van der Waals surface area (Å²) in [4.78, 5) is 17.6. The normalized spacial score (nSPS) is 11.4. The SMILES string of the molecule is C/C(=N\NC(=O)c1cccc(Cl)c1)c1sc(-c2ccc(O)cc2)nc1C. The van der Waals surface area contributed by atoms with Crippen LogP contribution in [0.25, 0.3) is 10.6 Å². The van der Waals surface area contributed by atoms with Crippen LogP contribution in [-0.2, 0) is 0 Å². The summed E-state index contributed by atoms with van der Waals surface area (Å²) in [6.45, 7) is 3.72. The Labute approximate surface area is 160 Å². The quantitative estimate of drug-likeness (QED) is 0.507. The second-order valence-electron chi connectivity index (χ2n) is 5.63. The minimum Gasteiger partial charge on any atom is -0.508 e. The number of rotatable bonds is 4. The van der Waals surface area contributed by atoms with Gasteiger partial charge in [-0.05, 0) is 56.3 Å². The number of halogens is 1. The minimum atomic E-state index is -0.326. The number of carbonyl (C=O) groups excluding carboxylic acids is 1. The second-order valence-corrected chi connectivity index (χ2v) is 7.06. The van der Waals surface area contributed by atoms with Crippen molar-refractivity contribution in [1.82, 2.24) is 10.4 Å². The standard InChI is InChI=1S/C19H16ClN3O2S/c1-11-17(26-19(21-11)13-6-8-16(24)9-7-13)12(2)22-23-18(25)14-4-3-5-15(20)10-14/h3-10,24H,1-2H3,(H,23,25)/b22-12+. The van der Waals surface area contributed by atoms with Gasteiger partial charge in [-0.1, -0.05) is 17.7 Å². The van der Waals surface area contributed by atoms with Crippen LogP contribution < -0.4 is 5.43 Å². The molecule has 0 unspecified atom stereocenters. The third-order valence-electron chi connectivity index (χ3n) is 3.65. The lowest BCUT2D eigenvalue weighted by molar-refractivity contribution is 0.0955. The molecule has 0 aliphatic rings. The van der Waals surface area contributed by atoms with Gasteiger partial charge in [0.25, 0.3) is 5.91 Å². The molecule has 0 saturated carbocycles. The van der Waals surface area contributed by atoms with Crippen molar-refractivity contribution in [2.45, 2.75) is 13.8 Å². The molecule has 0 bridgehead atoms. The summed E-state index contributed by atoms with van der Waals surface area (Å²) in [6, 6.07) is 13.5. The first kappa shape index (κ1) is 18.1. The zero-order valence-corrected chi connectivity index (χ0v) is 15.7. The van der Waals surface area contributed by atoms with E-state index in [9.17, 15) is 9.90 Å². The van der Waals surface area contributed by atoms with Gasteiger partial charge in [0.1, 0.15) is 10.8 Å². The molecule has 2 aromatic carbocycles. The van der Waals surface area contributed by atoms with Crippen molar-refractivity contribution in [3.05, 3.63) is 69.7 Å². The van der Waals surface area contributed by atoms with Crippen LogP contribution in [0.2, 0.25) is 5.02 Å². The van der Waals surface area contributed by atoms with Crippen molar-refractivity contribution in [2.75, 3.05) is 0 Å². The molecule has 3 aromatic rings. The van der Waals surface area contributed by atoms with Crippen LogP contribution in [0.1, 0.15) is 27.9 Å². The summed E-state index contributed by atoms with van der Waals surface area (Å²) in [5.41, 5.74) is 5.40. The molecular formula is C19H16ClN3O2S. The third-order valence-corrected chi connectivity index (χ3v) is 5.20. The Balaban J connectivity index is 1.79. The molecule has 1 aromatic heterocycles. The molecule has 5 nitrogen and oxygen atoms in total. The van der Waals surface area contributed by atoms with Crippen LogP contribution in [0.5, 0.6) is 5.75 Å². The molecule has 0 spiro atoms. The van der Waals surface area contributed by atoms with E-state index in [0.717, 1.165) is 21.1 Å². The third kappa shape index (κ3) is 4.09. The Morgan fingerprint density at radius 1 is 1.23 bits per heavy atom. The number of carbonyl (C=O) groups is 1. The zero-order chi connectivity index (χ0) is 18.7. The monoisotopic (exact) mass is 385 g/mol. The van der Waals surface area contributed by atoms with Gasteiger partial charge in [0.2, 0.25) is 0 Å². The number of aromatic hydroxyl groups is 1. The molecule has 0 radical (unpaired) electrons. The maximum Gasteiger partial charge on any atom is 0.271 e. The highest BCUT2D eigenvalue weighted by molar-refractivity contribution is 7.17. The first-order valence-electron chi connectivity index (χ1n) is 7.81. The van der Waals surface area contributed by atoms with E-state index in [1.807, 2.05) is 26.0 Å². The van der Waals surface area contributed by atoms with E-state index in [1.54, 1.807) is 36.4 Å². The molecule has 0 fully saturated rings. The Bertz CT molecular complexity index is 981. The van der Waals surface area contributed by atoms with Crippen molar-refractivity contribution in [1.29, 1.82) is 0 Å². The van der Waals surface area contributed by atoms with E-state index < -0.39 is 0 Å². The second kappa shape index (κ2) is 7.68. The molecule has 1 heterocycles. The maximum atomic E-state index is 12.2. The van der Waals surface area contributed by atoms with Crippen molar-refractivity contribution in [2.24, 2.45) is 5.10 Å². The lowest BCUT2D eigenvalue weighted by atomic mass is 10.2. The van der Waals surface area contributed by atoms with Gasteiger partial charge >= 0.3 is 0 Å². The number of hydrogen-bond donors (Lipinski definition) is 2. The fourth-order valence-electron chi connectivity index (χ4n) is 2.34. The number of hydrazone groups is 1. The summed E-state index contributed by atoms with van der Waals surface area (Å²) in [5.74, 6) is -0.114. The van der Waals surface area contributed by atoms with Gasteiger partial charge in [0.15, 0.2) is 0 Å². The molecular weight excluding hydrogens is 370 g/mol. The number of aryl methyl sites for hydroxylation is 1. The molecule has 2 N–H and O–H groups in total. The lowest BCUT2D eigenvalue weighted by Gasteiger charge is -2.02. The number of hydrogen-bond acceptors (Lipinski definition) is 5. The molecule has 0 saturated heterocycles. The van der Waals surface area contributed by atoms with Crippen LogP contribution in [0.3, 0.4) is 0 Å². The summed E-state index contributed by atoms with van der Waals surface area (Å²) < 4.78 is 0. The number of phenolic OH excluding ortho intramolecular Hbond substituents is 1. The maximum absolute atomic E-state index is 12.2. The molecule has 26 heavy (non-hydrogen) atoms. The van der Waals surface area contributed by atoms with Gasteiger partial charge in [0, 0.05) is 16.1 Å². The van der Waals surface area contributed by atoms with Crippen molar-refractivity contribution < 1.29 is 9.90 Å². The Kier molecular flexibility index (Phi) is 5.35. The van der Waals surface area contributed by atoms with Gasteiger partial charge in [0.05, 0.1) is 16.3 Å². The van der Waals surface area contributed by atoms with Crippen LogP contribution in [-0.4, -0.2) is 21.7 Å². The first-order chi connectivity index (χ1) is 12.4. The molecule has 0 atom stereocenters. The van der Waals surface area contributed by atoms with E-state index in [-0.39, 0.29) is 11.7 Å². The van der Waals surface area contributed by atoms with Crippen molar-refractivity contribution in [3.8, 4) is 16.3 Å². The van der Waals surface area contributed by atoms with Gasteiger partial charge < -0.3 is 5.11 Å². The van der Waals surface area contributed by atoms with Gasteiger partial charge in [-0.3, -0.25) is 4.79 Å². The Morgan fingerprint density at radius 3 is 2.65 bits per heavy atom. The number of nitrogens with one attached hydrogen (secondary N) is 1. The van der Waals surface area contributed by atoms with E-state index in [0.29, 0.717) is 16.3 Å². The summed E-state index contributed by atoms with van der Waals surface area (Å²) in [5, 5.41) is 14.9. The predicted molar refractivity (Wildman–Crippen MR) is 105 cm³/mol. The van der Waals surface area contributed by atoms with Gasteiger partial charge in [-0.15, -0.1) is 11.3 Å².